The van der Waals surface area contributed by atoms with Crippen molar-refractivity contribution in [1.82, 2.24) is 0 Å². The van der Waals surface area contributed by atoms with E-state index in [-0.39, 0.29) is 12.5 Å². The molecule has 0 spiro atoms. The number of ether oxygens (including phenoxy) is 5. The van der Waals surface area contributed by atoms with Crippen LogP contribution in [0.1, 0.15) is 53.9 Å². The Morgan fingerprint density at radius 3 is 2.38 bits per heavy atom. The number of rotatable bonds is 11. The second-order valence-corrected chi connectivity index (χ2v) is 9.51. The maximum absolute atomic E-state index is 13.0. The molecule has 1 heterocycles. The summed E-state index contributed by atoms with van der Waals surface area (Å²) in [7, 11) is 1.50. The summed E-state index contributed by atoms with van der Waals surface area (Å²) < 4.78 is 28.0. The van der Waals surface area contributed by atoms with E-state index in [4.69, 9.17) is 23.7 Å². The number of unbranched alkanes of at least 4 members (excludes halogenated alkanes) is 1. The molecular weight excluding hydrogens is 504 g/mol. The van der Waals surface area contributed by atoms with Crippen molar-refractivity contribution in [3.63, 3.8) is 0 Å². The molecule has 3 atom stereocenters. The lowest BCUT2D eigenvalue weighted by Gasteiger charge is -2.24. The molecule has 3 aromatic rings. The van der Waals surface area contributed by atoms with Crippen LogP contribution in [0.2, 0.25) is 0 Å². The summed E-state index contributed by atoms with van der Waals surface area (Å²) in [5, 5.41) is 19.9. The molecule has 2 N–H and O–H groups in total. The highest BCUT2D eigenvalue weighted by molar-refractivity contribution is 5.79. The number of methoxy groups -OCH3 is 1. The van der Waals surface area contributed by atoms with Crippen molar-refractivity contribution in [1.29, 1.82) is 0 Å². The highest BCUT2D eigenvalue weighted by atomic mass is 16.7. The van der Waals surface area contributed by atoms with Crippen LogP contribution in [0.15, 0.2) is 54.6 Å². The lowest BCUT2D eigenvalue weighted by Crippen LogP contribution is -2.24. The minimum atomic E-state index is -1.14. The van der Waals surface area contributed by atoms with Crippen molar-refractivity contribution in [3.05, 3.63) is 76.9 Å². The zero-order chi connectivity index (χ0) is 27.5. The number of hydrogen-bond acceptors (Lipinski definition) is 7. The molecule has 3 unspecified atom stereocenters. The molecule has 0 saturated carbocycles. The van der Waals surface area contributed by atoms with Gasteiger partial charge in [0.05, 0.1) is 19.6 Å². The van der Waals surface area contributed by atoms with E-state index >= 15 is 0 Å². The van der Waals surface area contributed by atoms with E-state index < -0.39 is 36.3 Å². The van der Waals surface area contributed by atoms with E-state index in [1.165, 1.54) is 7.11 Å². The van der Waals surface area contributed by atoms with Gasteiger partial charge in [-0.05, 0) is 53.4 Å². The monoisotopic (exact) mass is 534 g/mol. The number of benzene rings is 3. The van der Waals surface area contributed by atoms with Crippen LogP contribution in [0.4, 0.5) is 0 Å². The molecule has 0 bridgehead atoms. The van der Waals surface area contributed by atoms with Gasteiger partial charge in [0.25, 0.3) is 0 Å². The summed E-state index contributed by atoms with van der Waals surface area (Å²) in [4.78, 5) is 24.4. The van der Waals surface area contributed by atoms with Crippen LogP contribution in [0.3, 0.4) is 0 Å². The topological polar surface area (TPSA) is 121 Å². The highest BCUT2D eigenvalue weighted by Crippen LogP contribution is 2.56. The predicted molar refractivity (Wildman–Crippen MR) is 140 cm³/mol. The van der Waals surface area contributed by atoms with E-state index in [2.05, 4.69) is 6.92 Å². The molecule has 0 aromatic heterocycles. The summed E-state index contributed by atoms with van der Waals surface area (Å²) in [5.74, 6) is -1.70. The smallest absolute Gasteiger partial charge is 0.341 e. The van der Waals surface area contributed by atoms with Gasteiger partial charge in [-0.2, -0.15) is 0 Å². The van der Waals surface area contributed by atoms with E-state index in [0.717, 1.165) is 29.5 Å². The standard InChI is InChI=1S/C30H30O9/c1-3-4-11-36-19-7-8-20-22(13-19)28(21-9-6-18(35-2)14-24(21)37-15-26(31)32)29(30(33)34)27(20)17-5-10-23-25(12-17)39-16-38-23/h5-10,12-14,27-29H,3-4,11,15-16H2,1-2H3,(H,31,32)(H,33,34). The Balaban J connectivity index is 1.67. The SMILES string of the molecule is CCCCOc1ccc2c(c1)C(c1ccc(OC)cc1OCC(=O)O)C(C(=O)O)C2c1ccc2c(c1)OCO2. The zero-order valence-electron chi connectivity index (χ0n) is 21.7. The summed E-state index contributed by atoms with van der Waals surface area (Å²) >= 11 is 0. The maximum atomic E-state index is 13.0. The minimum Gasteiger partial charge on any atom is -0.497 e. The largest absolute Gasteiger partial charge is 0.497 e. The first kappa shape index (κ1) is 26.2. The highest BCUT2D eigenvalue weighted by Gasteiger charge is 2.48. The Hall–Kier alpha value is -4.40. The molecule has 2 aliphatic rings. The fraction of sp³-hybridized carbons (Fsp3) is 0.333. The lowest BCUT2D eigenvalue weighted by molar-refractivity contribution is -0.142. The Bertz CT molecular complexity index is 1380. The van der Waals surface area contributed by atoms with Crippen molar-refractivity contribution < 1.29 is 43.5 Å². The quantitative estimate of drug-likeness (QED) is 0.326. The summed E-state index contributed by atoms with van der Waals surface area (Å²) in [6.07, 6.45) is 1.88. The maximum Gasteiger partial charge on any atom is 0.341 e. The average Bonchev–Trinajstić information content (AvgIpc) is 3.53. The van der Waals surface area contributed by atoms with Crippen molar-refractivity contribution in [3.8, 4) is 28.7 Å². The van der Waals surface area contributed by atoms with E-state index in [1.807, 2.05) is 30.3 Å². The van der Waals surface area contributed by atoms with Crippen molar-refractivity contribution in [2.45, 2.75) is 31.6 Å². The van der Waals surface area contributed by atoms with Gasteiger partial charge in [0.2, 0.25) is 6.79 Å². The summed E-state index contributed by atoms with van der Waals surface area (Å²) in [6, 6.07) is 16.2. The third-order valence-corrected chi connectivity index (χ3v) is 7.16. The van der Waals surface area contributed by atoms with Gasteiger partial charge >= 0.3 is 11.9 Å². The molecule has 0 amide bonds. The number of hydrogen-bond donors (Lipinski definition) is 2. The number of carboxylic acids is 2. The number of fused-ring (bicyclic) bond motifs is 2. The van der Waals surface area contributed by atoms with Gasteiger partial charge in [-0.1, -0.05) is 31.5 Å². The lowest BCUT2D eigenvalue weighted by atomic mass is 9.79. The third kappa shape index (κ3) is 5.16. The van der Waals surface area contributed by atoms with Crippen LogP contribution in [-0.2, 0) is 9.59 Å². The molecule has 5 rings (SSSR count). The van der Waals surface area contributed by atoms with Crippen LogP contribution in [0.5, 0.6) is 28.7 Å². The molecule has 9 nitrogen and oxygen atoms in total. The van der Waals surface area contributed by atoms with Crippen molar-refractivity contribution in [2.75, 3.05) is 27.1 Å². The van der Waals surface area contributed by atoms with E-state index in [1.54, 1.807) is 24.3 Å². The van der Waals surface area contributed by atoms with Gasteiger partial charge in [0, 0.05) is 23.5 Å². The number of carbonyl (C=O) groups is 2. The fourth-order valence-corrected chi connectivity index (χ4v) is 5.41. The van der Waals surface area contributed by atoms with Crippen LogP contribution in [0.25, 0.3) is 0 Å². The van der Waals surface area contributed by atoms with Crippen LogP contribution < -0.4 is 23.7 Å². The molecular formula is C30H30O9. The number of aliphatic carboxylic acids is 2. The fourth-order valence-electron chi connectivity index (χ4n) is 5.41. The third-order valence-electron chi connectivity index (χ3n) is 7.16. The first-order valence-corrected chi connectivity index (χ1v) is 12.8. The Kier molecular flexibility index (Phi) is 7.49. The molecule has 39 heavy (non-hydrogen) atoms. The zero-order valence-corrected chi connectivity index (χ0v) is 21.7. The van der Waals surface area contributed by atoms with Crippen LogP contribution >= 0.6 is 0 Å². The Labute approximate surface area is 225 Å². The van der Waals surface area contributed by atoms with Gasteiger partial charge in [-0.15, -0.1) is 0 Å². The predicted octanol–water partition coefficient (Wildman–Crippen LogP) is 5.04. The first-order chi connectivity index (χ1) is 18.9. The molecule has 1 aliphatic carbocycles. The Morgan fingerprint density at radius 2 is 1.64 bits per heavy atom. The first-order valence-electron chi connectivity index (χ1n) is 12.8. The molecule has 0 fully saturated rings. The molecule has 0 radical (unpaired) electrons. The van der Waals surface area contributed by atoms with Crippen LogP contribution in [-0.4, -0.2) is 49.3 Å². The van der Waals surface area contributed by atoms with E-state index in [0.29, 0.717) is 35.2 Å². The Morgan fingerprint density at radius 1 is 0.872 bits per heavy atom. The molecule has 204 valence electrons. The van der Waals surface area contributed by atoms with Gasteiger partial charge in [-0.3, -0.25) is 4.79 Å². The molecule has 1 aliphatic heterocycles. The second-order valence-electron chi connectivity index (χ2n) is 9.51. The van der Waals surface area contributed by atoms with Gasteiger partial charge in [0.1, 0.15) is 17.2 Å². The molecule has 3 aromatic carbocycles. The second kappa shape index (κ2) is 11.1. The normalized spacial score (nSPS) is 18.9. The van der Waals surface area contributed by atoms with Crippen molar-refractivity contribution in [2.24, 2.45) is 5.92 Å². The molecule has 9 heteroatoms. The minimum absolute atomic E-state index is 0.111. The molecule has 0 saturated heterocycles. The van der Waals surface area contributed by atoms with Gasteiger partial charge in [0.15, 0.2) is 18.1 Å². The van der Waals surface area contributed by atoms with Gasteiger partial charge < -0.3 is 33.9 Å². The summed E-state index contributed by atoms with van der Waals surface area (Å²) in [6.45, 7) is 2.16. The van der Waals surface area contributed by atoms with Gasteiger partial charge in [-0.25, -0.2) is 4.79 Å². The average molecular weight is 535 g/mol. The van der Waals surface area contributed by atoms with Crippen LogP contribution in [0, 0.1) is 5.92 Å². The van der Waals surface area contributed by atoms with Crippen molar-refractivity contribution >= 4 is 11.9 Å². The van der Waals surface area contributed by atoms with E-state index in [9.17, 15) is 19.8 Å². The number of carboxylic acid groups (broad SMARTS) is 2. The summed E-state index contributed by atoms with van der Waals surface area (Å²) in [5.41, 5.74) is 2.95.